The van der Waals surface area contributed by atoms with Gasteiger partial charge in [0.1, 0.15) is 0 Å². The van der Waals surface area contributed by atoms with Crippen molar-refractivity contribution in [1.29, 1.82) is 0 Å². The van der Waals surface area contributed by atoms with E-state index in [-0.39, 0.29) is 16.8 Å². The summed E-state index contributed by atoms with van der Waals surface area (Å²) in [7, 11) is -3.93. The van der Waals surface area contributed by atoms with Crippen molar-refractivity contribution in [3.63, 3.8) is 0 Å². The van der Waals surface area contributed by atoms with Crippen LogP contribution in [0, 0.1) is 23.3 Å². The molecule has 29 heavy (non-hydrogen) atoms. The van der Waals surface area contributed by atoms with Gasteiger partial charge in [-0.15, -0.1) is 0 Å². The van der Waals surface area contributed by atoms with Crippen LogP contribution < -0.4 is 4.72 Å². The van der Waals surface area contributed by atoms with Crippen LogP contribution in [0.3, 0.4) is 0 Å². The summed E-state index contributed by atoms with van der Waals surface area (Å²) in [4.78, 5) is 0.0243. The topological polar surface area (TPSA) is 64.0 Å². The first kappa shape index (κ1) is 20.8. The van der Waals surface area contributed by atoms with Crippen LogP contribution in [0.25, 0.3) is 0 Å². The van der Waals surface area contributed by atoms with E-state index in [0.717, 1.165) is 23.1 Å². The van der Waals surface area contributed by atoms with Gasteiger partial charge in [0.2, 0.25) is 0 Å². The average molecular weight is 427 g/mol. The van der Waals surface area contributed by atoms with Crippen LogP contribution in [0.4, 0.5) is 23.4 Å². The first-order valence-electron chi connectivity index (χ1n) is 8.68. The number of aromatic nitrogens is 2. The monoisotopic (exact) mass is 427 g/mol. The van der Waals surface area contributed by atoms with E-state index in [1.807, 2.05) is 6.92 Å². The van der Waals surface area contributed by atoms with Gasteiger partial charge in [-0.25, -0.2) is 26.0 Å². The van der Waals surface area contributed by atoms with Gasteiger partial charge in [0, 0.05) is 18.3 Å². The first-order valence-corrected chi connectivity index (χ1v) is 10.2. The highest BCUT2D eigenvalue weighted by molar-refractivity contribution is 7.92. The third-order valence-electron chi connectivity index (χ3n) is 4.17. The number of aryl methyl sites for hydroxylation is 1. The zero-order valence-corrected chi connectivity index (χ0v) is 16.1. The summed E-state index contributed by atoms with van der Waals surface area (Å²) in [5, 5.41) is 3.85. The number of anilines is 1. The Labute approximate surface area is 165 Å². The molecule has 0 amide bonds. The maximum Gasteiger partial charge on any atom is 0.263 e. The van der Waals surface area contributed by atoms with E-state index in [4.69, 9.17) is 0 Å². The van der Waals surface area contributed by atoms with Crippen LogP contribution in [0.1, 0.15) is 24.5 Å². The molecular formula is C19H17F4N3O2S. The van der Waals surface area contributed by atoms with Crippen LogP contribution in [0.15, 0.2) is 47.5 Å². The Morgan fingerprint density at radius 1 is 1.00 bits per heavy atom. The Morgan fingerprint density at radius 2 is 1.62 bits per heavy atom. The quantitative estimate of drug-likeness (QED) is 0.453. The molecule has 0 saturated heterocycles. The van der Waals surface area contributed by atoms with E-state index in [9.17, 15) is 26.0 Å². The predicted molar refractivity (Wildman–Crippen MR) is 98.8 cm³/mol. The number of halogens is 4. The summed E-state index contributed by atoms with van der Waals surface area (Å²) in [5.74, 6) is -6.24. The summed E-state index contributed by atoms with van der Waals surface area (Å²) in [6, 6.07) is 7.72. The minimum atomic E-state index is -3.93. The summed E-state index contributed by atoms with van der Waals surface area (Å²) in [6.45, 7) is 1.39. The molecule has 154 valence electrons. The molecule has 5 nitrogen and oxygen atoms in total. The Kier molecular flexibility index (Phi) is 5.92. The molecule has 0 fully saturated rings. The van der Waals surface area contributed by atoms with Gasteiger partial charge in [0.05, 0.1) is 17.0 Å². The highest BCUT2D eigenvalue weighted by Gasteiger charge is 2.20. The zero-order chi connectivity index (χ0) is 21.2. The SMILES string of the molecule is CCCc1ccc(S(=O)(=O)Nc2ccn(Cc3c(F)c(F)cc(F)c3F)n2)cc1. The van der Waals surface area contributed by atoms with Gasteiger partial charge in [0.25, 0.3) is 10.0 Å². The van der Waals surface area contributed by atoms with Gasteiger partial charge < -0.3 is 0 Å². The van der Waals surface area contributed by atoms with Crippen molar-refractivity contribution in [3.05, 3.63) is 77.0 Å². The normalized spacial score (nSPS) is 11.6. The number of hydrogen-bond donors (Lipinski definition) is 1. The smallest absolute Gasteiger partial charge is 0.263 e. The number of nitrogens with zero attached hydrogens (tertiary/aromatic N) is 2. The van der Waals surface area contributed by atoms with E-state index in [2.05, 4.69) is 9.82 Å². The third-order valence-corrected chi connectivity index (χ3v) is 5.55. The van der Waals surface area contributed by atoms with E-state index < -0.39 is 45.4 Å². The molecular weight excluding hydrogens is 410 g/mol. The highest BCUT2D eigenvalue weighted by atomic mass is 32.2. The lowest BCUT2D eigenvalue weighted by molar-refractivity contribution is 0.431. The zero-order valence-electron chi connectivity index (χ0n) is 15.3. The van der Waals surface area contributed by atoms with Crippen molar-refractivity contribution in [1.82, 2.24) is 9.78 Å². The molecule has 10 heteroatoms. The van der Waals surface area contributed by atoms with Crippen LogP contribution >= 0.6 is 0 Å². The summed E-state index contributed by atoms with van der Waals surface area (Å²) in [5.41, 5.74) is 0.147. The molecule has 0 radical (unpaired) electrons. The second kappa shape index (κ2) is 8.24. The molecule has 1 aromatic heterocycles. The molecule has 2 aromatic carbocycles. The van der Waals surface area contributed by atoms with Crippen molar-refractivity contribution in [2.45, 2.75) is 31.2 Å². The predicted octanol–water partition coefficient (Wildman–Crippen LogP) is 4.24. The summed E-state index contributed by atoms with van der Waals surface area (Å²) in [6.07, 6.45) is 2.98. The molecule has 0 atom stereocenters. The third kappa shape index (κ3) is 4.58. The van der Waals surface area contributed by atoms with E-state index in [1.165, 1.54) is 24.4 Å². The van der Waals surface area contributed by atoms with Gasteiger partial charge >= 0.3 is 0 Å². The molecule has 1 heterocycles. The molecule has 3 rings (SSSR count). The number of sulfonamides is 1. The lowest BCUT2D eigenvalue weighted by Gasteiger charge is -2.08. The van der Waals surface area contributed by atoms with Crippen molar-refractivity contribution >= 4 is 15.8 Å². The maximum absolute atomic E-state index is 13.8. The van der Waals surface area contributed by atoms with Crippen molar-refractivity contribution in [2.75, 3.05) is 4.72 Å². The largest absolute Gasteiger partial charge is 0.266 e. The van der Waals surface area contributed by atoms with Gasteiger partial charge in [-0.3, -0.25) is 9.40 Å². The van der Waals surface area contributed by atoms with E-state index >= 15 is 0 Å². The number of nitrogens with one attached hydrogen (secondary N) is 1. The maximum atomic E-state index is 13.8. The van der Waals surface area contributed by atoms with Crippen LogP contribution in [0.5, 0.6) is 0 Å². The van der Waals surface area contributed by atoms with Gasteiger partial charge in [0.15, 0.2) is 29.1 Å². The fourth-order valence-electron chi connectivity index (χ4n) is 2.75. The molecule has 1 N–H and O–H groups in total. The minimum absolute atomic E-state index is 0.0243. The summed E-state index contributed by atoms with van der Waals surface area (Å²) < 4.78 is 82.3. The molecule has 0 bridgehead atoms. The fourth-order valence-corrected chi connectivity index (χ4v) is 3.74. The Bertz CT molecular complexity index is 1100. The van der Waals surface area contributed by atoms with Crippen LogP contribution in [0.2, 0.25) is 0 Å². The first-order chi connectivity index (χ1) is 13.7. The lowest BCUT2D eigenvalue weighted by atomic mass is 10.1. The Hall–Kier alpha value is -2.88. The minimum Gasteiger partial charge on any atom is -0.266 e. The molecule has 0 spiro atoms. The number of benzene rings is 2. The summed E-state index contributed by atoms with van der Waals surface area (Å²) >= 11 is 0. The number of hydrogen-bond acceptors (Lipinski definition) is 3. The fraction of sp³-hybridized carbons (Fsp3) is 0.211. The highest BCUT2D eigenvalue weighted by Crippen LogP contribution is 2.21. The standard InChI is InChI=1S/C19H17F4N3O2S/c1-2-3-12-4-6-13(7-5-12)29(27,28)25-17-8-9-26(24-17)11-14-18(22)15(20)10-16(21)19(14)23/h4-10H,2-3,11H2,1H3,(H,24,25). The van der Waals surface area contributed by atoms with Crippen LogP contribution in [-0.4, -0.2) is 18.2 Å². The van der Waals surface area contributed by atoms with Crippen molar-refractivity contribution < 1.29 is 26.0 Å². The number of rotatable bonds is 7. The van der Waals surface area contributed by atoms with E-state index in [1.54, 1.807) is 12.1 Å². The molecule has 0 unspecified atom stereocenters. The molecule has 3 aromatic rings. The average Bonchev–Trinajstić information content (AvgIpc) is 3.10. The second-order valence-corrected chi connectivity index (χ2v) is 8.03. The second-order valence-electron chi connectivity index (χ2n) is 6.34. The van der Waals surface area contributed by atoms with Crippen LogP contribution in [-0.2, 0) is 23.0 Å². The van der Waals surface area contributed by atoms with Crippen molar-refractivity contribution in [3.8, 4) is 0 Å². The molecule has 0 saturated carbocycles. The Morgan fingerprint density at radius 3 is 2.21 bits per heavy atom. The van der Waals surface area contributed by atoms with Gasteiger partial charge in [-0.2, -0.15) is 5.10 Å². The molecule has 0 aliphatic heterocycles. The van der Waals surface area contributed by atoms with Gasteiger partial charge in [-0.05, 0) is 24.1 Å². The lowest BCUT2D eigenvalue weighted by Crippen LogP contribution is -2.14. The van der Waals surface area contributed by atoms with Gasteiger partial charge in [-0.1, -0.05) is 25.5 Å². The van der Waals surface area contributed by atoms with Crippen molar-refractivity contribution in [2.24, 2.45) is 0 Å². The Balaban J connectivity index is 1.78. The molecule has 0 aliphatic rings. The molecule has 0 aliphatic carbocycles. The van der Waals surface area contributed by atoms with E-state index in [0.29, 0.717) is 0 Å².